The summed E-state index contributed by atoms with van der Waals surface area (Å²) in [6, 6.07) is 11.2. The highest BCUT2D eigenvalue weighted by Crippen LogP contribution is 2.35. The van der Waals surface area contributed by atoms with E-state index in [4.69, 9.17) is 4.74 Å². The van der Waals surface area contributed by atoms with Gasteiger partial charge in [0.15, 0.2) is 11.6 Å². The third-order valence-electron chi connectivity index (χ3n) is 6.35. The maximum absolute atomic E-state index is 14.7. The number of rotatable bonds is 11. The quantitative estimate of drug-likeness (QED) is 0.334. The minimum absolute atomic E-state index is 0.0149. The van der Waals surface area contributed by atoms with Crippen molar-refractivity contribution in [3.8, 4) is 16.9 Å². The third-order valence-corrected chi connectivity index (χ3v) is 6.35. The van der Waals surface area contributed by atoms with E-state index >= 15 is 0 Å². The second kappa shape index (κ2) is 12.1. The van der Waals surface area contributed by atoms with Gasteiger partial charge in [0.1, 0.15) is 0 Å². The number of halogens is 2. The van der Waals surface area contributed by atoms with Crippen molar-refractivity contribution in [3.05, 3.63) is 53.6 Å². The van der Waals surface area contributed by atoms with Gasteiger partial charge in [-0.25, -0.2) is 4.39 Å². The van der Waals surface area contributed by atoms with Gasteiger partial charge in [-0.3, -0.25) is 0 Å². The Labute approximate surface area is 180 Å². The molecule has 1 nitrogen and oxygen atoms in total. The highest BCUT2D eigenvalue weighted by molar-refractivity contribution is 5.65. The van der Waals surface area contributed by atoms with Crippen LogP contribution in [0.2, 0.25) is 0 Å². The lowest BCUT2D eigenvalue weighted by atomic mass is 9.83. The minimum atomic E-state index is -0.883. The number of benzene rings is 2. The molecule has 3 heteroatoms. The van der Waals surface area contributed by atoms with Crippen molar-refractivity contribution in [1.82, 2.24) is 0 Å². The van der Waals surface area contributed by atoms with Crippen molar-refractivity contribution in [2.45, 2.75) is 89.9 Å². The van der Waals surface area contributed by atoms with Crippen LogP contribution in [0.4, 0.5) is 8.78 Å². The molecule has 0 amide bonds. The Balaban J connectivity index is 1.54. The maximum Gasteiger partial charge on any atom is 0.201 e. The Bertz CT molecular complexity index is 763. The fourth-order valence-corrected chi connectivity index (χ4v) is 4.48. The Morgan fingerprint density at radius 3 is 2.13 bits per heavy atom. The normalized spacial score (nSPS) is 14.8. The Kier molecular flexibility index (Phi) is 9.17. The third kappa shape index (κ3) is 6.30. The molecule has 164 valence electrons. The van der Waals surface area contributed by atoms with Gasteiger partial charge in [0, 0.05) is 5.56 Å². The lowest BCUT2D eigenvalue weighted by molar-refractivity contribution is 0.285. The van der Waals surface area contributed by atoms with E-state index in [1.807, 2.05) is 12.1 Å². The van der Waals surface area contributed by atoms with Crippen molar-refractivity contribution in [1.29, 1.82) is 0 Å². The number of unbranched alkanes of at least 4 members (excludes halogenated alkanes) is 6. The zero-order valence-corrected chi connectivity index (χ0v) is 18.4. The summed E-state index contributed by atoms with van der Waals surface area (Å²) >= 11 is 0. The van der Waals surface area contributed by atoms with Crippen LogP contribution in [0.1, 0.15) is 95.5 Å². The molecule has 2 aromatic rings. The minimum Gasteiger partial charge on any atom is -0.490 e. The molecule has 0 unspecified atom stereocenters. The second-order valence-corrected chi connectivity index (χ2v) is 8.67. The van der Waals surface area contributed by atoms with Crippen LogP contribution in [0.15, 0.2) is 36.4 Å². The average molecular weight is 415 g/mol. The van der Waals surface area contributed by atoms with Crippen molar-refractivity contribution in [3.63, 3.8) is 0 Å². The first-order valence-corrected chi connectivity index (χ1v) is 11.9. The summed E-state index contributed by atoms with van der Waals surface area (Å²) in [5.41, 5.74) is 2.32. The largest absolute Gasteiger partial charge is 0.490 e. The standard InChI is InChI=1S/C27H36F2O/c1-2-3-4-5-6-7-11-20-30-25-19-18-24(26(28)27(25)29)23-16-14-22(15-17-23)21-12-9-8-10-13-21/h14-19,21H,2-13,20H2,1H3. The van der Waals surface area contributed by atoms with E-state index in [0.717, 1.165) is 12.8 Å². The lowest BCUT2D eigenvalue weighted by Crippen LogP contribution is -2.04. The van der Waals surface area contributed by atoms with Gasteiger partial charge in [-0.15, -0.1) is 0 Å². The highest BCUT2D eigenvalue weighted by atomic mass is 19.2. The summed E-state index contributed by atoms with van der Waals surface area (Å²) < 4.78 is 34.7. The molecule has 3 rings (SSSR count). The molecule has 1 aliphatic rings. The molecule has 30 heavy (non-hydrogen) atoms. The van der Waals surface area contributed by atoms with Crippen LogP contribution < -0.4 is 4.74 Å². The van der Waals surface area contributed by atoms with Gasteiger partial charge < -0.3 is 4.74 Å². The van der Waals surface area contributed by atoms with Gasteiger partial charge in [0.2, 0.25) is 5.82 Å². The molecule has 2 aromatic carbocycles. The van der Waals surface area contributed by atoms with Crippen molar-refractivity contribution >= 4 is 0 Å². The van der Waals surface area contributed by atoms with Crippen molar-refractivity contribution < 1.29 is 13.5 Å². The molecular formula is C27H36F2O. The molecule has 0 bridgehead atoms. The number of hydrogen-bond donors (Lipinski definition) is 0. The van der Waals surface area contributed by atoms with Crippen molar-refractivity contribution in [2.24, 2.45) is 0 Å². The topological polar surface area (TPSA) is 9.23 Å². The molecule has 0 spiro atoms. The van der Waals surface area contributed by atoms with E-state index in [1.165, 1.54) is 69.8 Å². The fraction of sp³-hybridized carbons (Fsp3) is 0.556. The van der Waals surface area contributed by atoms with E-state index in [2.05, 4.69) is 19.1 Å². The SMILES string of the molecule is CCCCCCCCCOc1ccc(-c2ccc(C3CCCCC3)cc2)c(F)c1F. The zero-order chi connectivity index (χ0) is 21.2. The van der Waals surface area contributed by atoms with E-state index in [1.54, 1.807) is 12.1 Å². The molecule has 1 fully saturated rings. The van der Waals surface area contributed by atoms with Gasteiger partial charge >= 0.3 is 0 Å². The van der Waals surface area contributed by atoms with Crippen LogP contribution in [0.25, 0.3) is 11.1 Å². The Hall–Kier alpha value is -1.90. The first-order valence-electron chi connectivity index (χ1n) is 11.9. The molecule has 0 N–H and O–H groups in total. The predicted octanol–water partition coefficient (Wildman–Crippen LogP) is 8.81. The Morgan fingerprint density at radius 1 is 0.767 bits per heavy atom. The average Bonchev–Trinajstić information content (AvgIpc) is 2.79. The van der Waals surface area contributed by atoms with Gasteiger partial charge in [0.25, 0.3) is 0 Å². The second-order valence-electron chi connectivity index (χ2n) is 8.67. The van der Waals surface area contributed by atoms with Gasteiger partial charge in [-0.2, -0.15) is 4.39 Å². The van der Waals surface area contributed by atoms with Crippen LogP contribution in [-0.2, 0) is 0 Å². The zero-order valence-electron chi connectivity index (χ0n) is 18.4. The van der Waals surface area contributed by atoms with Gasteiger partial charge in [-0.05, 0) is 48.4 Å². The fourth-order valence-electron chi connectivity index (χ4n) is 4.48. The monoisotopic (exact) mass is 414 g/mol. The molecule has 0 aliphatic heterocycles. The van der Waals surface area contributed by atoms with E-state index < -0.39 is 11.6 Å². The van der Waals surface area contributed by atoms with Crippen molar-refractivity contribution in [2.75, 3.05) is 6.61 Å². The van der Waals surface area contributed by atoms with E-state index in [9.17, 15) is 8.78 Å². The smallest absolute Gasteiger partial charge is 0.201 e. The summed E-state index contributed by atoms with van der Waals surface area (Å²) in [6.45, 7) is 2.64. The van der Waals surface area contributed by atoms with E-state index in [0.29, 0.717) is 23.7 Å². The summed E-state index contributed by atoms with van der Waals surface area (Å²) in [4.78, 5) is 0. The summed E-state index contributed by atoms with van der Waals surface area (Å²) in [6.07, 6.45) is 14.5. The predicted molar refractivity (Wildman–Crippen MR) is 121 cm³/mol. The first-order chi connectivity index (χ1) is 14.7. The van der Waals surface area contributed by atoms with Crippen LogP contribution in [-0.4, -0.2) is 6.61 Å². The summed E-state index contributed by atoms with van der Waals surface area (Å²) in [5, 5.41) is 0. The van der Waals surface area contributed by atoms with Crippen LogP contribution in [0.5, 0.6) is 5.75 Å². The molecule has 0 saturated heterocycles. The van der Waals surface area contributed by atoms with Gasteiger partial charge in [-0.1, -0.05) is 89.0 Å². The molecule has 1 saturated carbocycles. The van der Waals surface area contributed by atoms with Crippen LogP contribution in [0.3, 0.4) is 0 Å². The molecule has 0 heterocycles. The summed E-state index contributed by atoms with van der Waals surface area (Å²) in [7, 11) is 0. The first kappa shape index (κ1) is 22.8. The van der Waals surface area contributed by atoms with E-state index in [-0.39, 0.29) is 5.75 Å². The molecule has 1 aliphatic carbocycles. The molecular weight excluding hydrogens is 378 g/mol. The summed E-state index contributed by atoms with van der Waals surface area (Å²) in [5.74, 6) is -1.08. The number of hydrogen-bond acceptors (Lipinski definition) is 1. The van der Waals surface area contributed by atoms with Crippen LogP contribution >= 0.6 is 0 Å². The molecule has 0 atom stereocenters. The molecule has 0 aromatic heterocycles. The van der Waals surface area contributed by atoms with Crippen LogP contribution in [0, 0.1) is 11.6 Å². The highest BCUT2D eigenvalue weighted by Gasteiger charge is 2.18. The Morgan fingerprint density at radius 2 is 1.43 bits per heavy atom. The van der Waals surface area contributed by atoms with Gasteiger partial charge in [0.05, 0.1) is 6.61 Å². The maximum atomic E-state index is 14.7. The lowest BCUT2D eigenvalue weighted by Gasteiger charge is -2.22. The number of ether oxygens (including phenoxy) is 1. The molecule has 0 radical (unpaired) electrons.